The SMILES string of the molecule is Cn1c(=O)c2c(ncn2CCCCCCCBr)n(C)c1=O. The van der Waals surface area contributed by atoms with Gasteiger partial charge in [0, 0.05) is 26.0 Å². The molecule has 2 heterocycles. The molecular formula is C14H21BrN4O2. The molecule has 0 bridgehead atoms. The third-order valence-electron chi connectivity index (χ3n) is 3.75. The lowest BCUT2D eigenvalue weighted by molar-refractivity contribution is 0.575. The van der Waals surface area contributed by atoms with Gasteiger partial charge in [0.1, 0.15) is 0 Å². The number of aryl methyl sites for hydroxylation is 2. The molecule has 21 heavy (non-hydrogen) atoms. The van der Waals surface area contributed by atoms with Crippen LogP contribution in [0.2, 0.25) is 0 Å². The van der Waals surface area contributed by atoms with Crippen molar-refractivity contribution in [1.82, 2.24) is 18.7 Å². The summed E-state index contributed by atoms with van der Waals surface area (Å²) in [6.45, 7) is 0.762. The summed E-state index contributed by atoms with van der Waals surface area (Å²) in [5.41, 5.74) is 0.361. The molecule has 0 spiro atoms. The Bertz CT molecular complexity index is 729. The summed E-state index contributed by atoms with van der Waals surface area (Å²) in [5.74, 6) is 0. The summed E-state index contributed by atoms with van der Waals surface area (Å²) in [5, 5.41) is 1.06. The molecule has 0 N–H and O–H groups in total. The molecule has 0 aliphatic heterocycles. The van der Waals surface area contributed by atoms with Crippen LogP contribution in [-0.4, -0.2) is 24.0 Å². The number of hydrogen-bond acceptors (Lipinski definition) is 3. The lowest BCUT2D eigenvalue weighted by Gasteiger charge is -2.06. The van der Waals surface area contributed by atoms with Gasteiger partial charge in [0.2, 0.25) is 0 Å². The van der Waals surface area contributed by atoms with Gasteiger partial charge in [0.15, 0.2) is 11.2 Å². The topological polar surface area (TPSA) is 61.8 Å². The van der Waals surface area contributed by atoms with Crippen LogP contribution in [0.1, 0.15) is 32.1 Å². The molecule has 0 aliphatic carbocycles. The molecule has 0 saturated carbocycles. The van der Waals surface area contributed by atoms with E-state index in [-0.39, 0.29) is 11.2 Å². The van der Waals surface area contributed by atoms with Crippen LogP contribution in [0.25, 0.3) is 11.2 Å². The highest BCUT2D eigenvalue weighted by Gasteiger charge is 2.13. The third kappa shape index (κ3) is 3.28. The molecule has 0 radical (unpaired) electrons. The van der Waals surface area contributed by atoms with Gasteiger partial charge in [-0.15, -0.1) is 0 Å². The molecule has 7 heteroatoms. The Balaban J connectivity index is 2.15. The predicted octanol–water partition coefficient (Wildman–Crippen LogP) is 1.78. The van der Waals surface area contributed by atoms with Crippen LogP contribution in [0, 0.1) is 0 Å². The molecule has 0 unspecified atom stereocenters. The van der Waals surface area contributed by atoms with Gasteiger partial charge in [-0.2, -0.15) is 0 Å². The maximum atomic E-state index is 12.2. The van der Waals surface area contributed by atoms with E-state index in [1.807, 2.05) is 4.57 Å². The highest BCUT2D eigenvalue weighted by molar-refractivity contribution is 9.09. The maximum absolute atomic E-state index is 12.2. The van der Waals surface area contributed by atoms with Crippen LogP contribution in [0.3, 0.4) is 0 Å². The fraction of sp³-hybridized carbons (Fsp3) is 0.643. The number of hydrogen-bond donors (Lipinski definition) is 0. The normalized spacial score (nSPS) is 11.4. The van der Waals surface area contributed by atoms with E-state index in [4.69, 9.17) is 0 Å². The van der Waals surface area contributed by atoms with E-state index in [1.54, 1.807) is 13.4 Å². The molecular weight excluding hydrogens is 336 g/mol. The Morgan fingerprint density at radius 1 is 1.05 bits per heavy atom. The molecule has 0 aliphatic rings. The van der Waals surface area contributed by atoms with Crippen molar-refractivity contribution in [3.8, 4) is 0 Å². The number of halogens is 1. The monoisotopic (exact) mass is 356 g/mol. The zero-order chi connectivity index (χ0) is 15.4. The van der Waals surface area contributed by atoms with Gasteiger partial charge >= 0.3 is 5.69 Å². The van der Waals surface area contributed by atoms with E-state index in [0.717, 1.165) is 29.3 Å². The van der Waals surface area contributed by atoms with Crippen LogP contribution >= 0.6 is 15.9 Å². The van der Waals surface area contributed by atoms with E-state index in [0.29, 0.717) is 11.2 Å². The Labute approximate surface area is 131 Å². The van der Waals surface area contributed by atoms with Gasteiger partial charge in [-0.25, -0.2) is 9.78 Å². The first-order valence-electron chi connectivity index (χ1n) is 7.24. The molecule has 0 fully saturated rings. The fourth-order valence-corrected chi connectivity index (χ4v) is 2.87. The second kappa shape index (κ2) is 7.06. The van der Waals surface area contributed by atoms with E-state index >= 15 is 0 Å². The summed E-state index contributed by atoms with van der Waals surface area (Å²) in [6, 6.07) is 0. The largest absolute Gasteiger partial charge is 0.332 e. The number of nitrogens with zero attached hydrogens (tertiary/aromatic N) is 4. The predicted molar refractivity (Wildman–Crippen MR) is 87.1 cm³/mol. The van der Waals surface area contributed by atoms with E-state index in [2.05, 4.69) is 20.9 Å². The van der Waals surface area contributed by atoms with E-state index < -0.39 is 0 Å². The summed E-state index contributed by atoms with van der Waals surface area (Å²) in [4.78, 5) is 28.3. The van der Waals surface area contributed by atoms with Crippen molar-refractivity contribution in [3.63, 3.8) is 0 Å². The molecule has 116 valence electrons. The number of fused-ring (bicyclic) bond motifs is 1. The lowest BCUT2D eigenvalue weighted by Crippen LogP contribution is -2.37. The quantitative estimate of drug-likeness (QED) is 0.561. The smallest absolute Gasteiger partial charge is 0.325 e. The highest BCUT2D eigenvalue weighted by Crippen LogP contribution is 2.09. The van der Waals surface area contributed by atoms with Gasteiger partial charge in [-0.05, 0) is 12.8 Å². The summed E-state index contributed by atoms with van der Waals surface area (Å²) >= 11 is 3.43. The Kier molecular flexibility index (Phi) is 5.39. The van der Waals surface area contributed by atoms with Crippen molar-refractivity contribution >= 4 is 27.1 Å². The zero-order valence-corrected chi connectivity index (χ0v) is 14.1. The summed E-state index contributed by atoms with van der Waals surface area (Å²) in [7, 11) is 3.14. The highest BCUT2D eigenvalue weighted by atomic mass is 79.9. The van der Waals surface area contributed by atoms with Crippen LogP contribution in [-0.2, 0) is 20.6 Å². The summed E-state index contributed by atoms with van der Waals surface area (Å²) < 4.78 is 4.42. The Morgan fingerprint density at radius 3 is 2.43 bits per heavy atom. The van der Waals surface area contributed by atoms with Gasteiger partial charge in [0.05, 0.1) is 6.33 Å². The average Bonchev–Trinajstić information content (AvgIpc) is 2.90. The zero-order valence-electron chi connectivity index (χ0n) is 12.5. The van der Waals surface area contributed by atoms with Gasteiger partial charge in [-0.3, -0.25) is 13.9 Å². The second-order valence-electron chi connectivity index (χ2n) is 5.27. The molecule has 2 aromatic heterocycles. The lowest BCUT2D eigenvalue weighted by atomic mass is 10.1. The molecule has 0 saturated heterocycles. The molecule has 2 rings (SSSR count). The second-order valence-corrected chi connectivity index (χ2v) is 6.07. The minimum Gasteiger partial charge on any atom is -0.325 e. The minimum absolute atomic E-state index is 0.273. The van der Waals surface area contributed by atoms with Crippen molar-refractivity contribution < 1.29 is 0 Å². The first-order valence-corrected chi connectivity index (χ1v) is 8.37. The minimum atomic E-state index is -0.340. The molecule has 0 amide bonds. The third-order valence-corrected chi connectivity index (χ3v) is 4.31. The van der Waals surface area contributed by atoms with E-state index in [1.165, 1.54) is 30.9 Å². The fourth-order valence-electron chi connectivity index (χ4n) is 2.47. The Morgan fingerprint density at radius 2 is 1.71 bits per heavy atom. The first kappa shape index (κ1) is 16.0. The maximum Gasteiger partial charge on any atom is 0.332 e. The Hall–Kier alpha value is -1.37. The number of imidazole rings is 1. The average molecular weight is 357 g/mol. The van der Waals surface area contributed by atoms with Crippen molar-refractivity contribution in [3.05, 3.63) is 27.2 Å². The molecule has 2 aromatic rings. The first-order chi connectivity index (χ1) is 10.1. The van der Waals surface area contributed by atoms with Crippen molar-refractivity contribution in [1.29, 1.82) is 0 Å². The van der Waals surface area contributed by atoms with Crippen LogP contribution in [0.15, 0.2) is 15.9 Å². The number of aromatic nitrogens is 4. The molecule has 6 nitrogen and oxygen atoms in total. The van der Waals surface area contributed by atoms with Gasteiger partial charge in [-0.1, -0.05) is 35.2 Å². The molecule has 0 atom stereocenters. The molecule has 0 aromatic carbocycles. The van der Waals surface area contributed by atoms with Gasteiger partial charge in [0.25, 0.3) is 5.56 Å². The van der Waals surface area contributed by atoms with Crippen LogP contribution < -0.4 is 11.2 Å². The number of unbranched alkanes of at least 4 members (excludes halogenated alkanes) is 4. The standard InChI is InChI=1S/C14H21BrN4O2/c1-17-12-11(13(20)18(2)14(17)21)19(10-16-12)9-7-5-3-4-6-8-15/h10H,3-9H2,1-2H3. The van der Waals surface area contributed by atoms with Crippen molar-refractivity contribution in [2.24, 2.45) is 14.1 Å². The van der Waals surface area contributed by atoms with Crippen molar-refractivity contribution in [2.75, 3.05) is 5.33 Å². The van der Waals surface area contributed by atoms with E-state index in [9.17, 15) is 9.59 Å². The van der Waals surface area contributed by atoms with Crippen LogP contribution in [0.4, 0.5) is 0 Å². The number of rotatable bonds is 7. The van der Waals surface area contributed by atoms with Gasteiger partial charge < -0.3 is 4.57 Å². The van der Waals surface area contributed by atoms with Crippen molar-refractivity contribution in [2.45, 2.75) is 38.6 Å². The number of alkyl halides is 1. The van der Waals surface area contributed by atoms with Crippen LogP contribution in [0.5, 0.6) is 0 Å². The summed E-state index contributed by atoms with van der Waals surface area (Å²) in [6.07, 6.45) is 7.44.